The smallest absolute Gasteiger partial charge is 0.222 e. The molecule has 1 amide bonds. The maximum absolute atomic E-state index is 12.0. The molecule has 0 unspecified atom stereocenters. The summed E-state index contributed by atoms with van der Waals surface area (Å²) < 4.78 is 0. The summed E-state index contributed by atoms with van der Waals surface area (Å²) in [5.41, 5.74) is 0.969. The minimum absolute atomic E-state index is 0.117. The van der Waals surface area contributed by atoms with Crippen LogP contribution in [0.3, 0.4) is 0 Å². The molecule has 4 heteroatoms. The van der Waals surface area contributed by atoms with Crippen LogP contribution in [0.5, 0.6) is 0 Å². The van der Waals surface area contributed by atoms with Crippen LogP contribution in [0.2, 0.25) is 5.02 Å². The molecule has 1 aromatic carbocycles. The summed E-state index contributed by atoms with van der Waals surface area (Å²) in [5.74, 6) is 0.117. The van der Waals surface area contributed by atoms with Crippen LogP contribution in [0.25, 0.3) is 0 Å². The van der Waals surface area contributed by atoms with Gasteiger partial charge in [0.1, 0.15) is 0 Å². The van der Waals surface area contributed by atoms with Gasteiger partial charge in [0.25, 0.3) is 0 Å². The monoisotopic (exact) mass is 269 g/mol. The van der Waals surface area contributed by atoms with Gasteiger partial charge in [0.05, 0.1) is 0 Å². The number of unbranched alkanes of at least 4 members (excludes halogenated alkanes) is 1. The molecule has 0 aliphatic rings. The van der Waals surface area contributed by atoms with Gasteiger partial charge >= 0.3 is 0 Å². The lowest BCUT2D eigenvalue weighted by Crippen LogP contribution is -2.30. The highest BCUT2D eigenvalue weighted by molar-refractivity contribution is 6.31. The summed E-state index contributed by atoms with van der Waals surface area (Å²) in [7, 11) is 0. The highest BCUT2D eigenvalue weighted by Crippen LogP contribution is 2.17. The third kappa shape index (κ3) is 4.67. The van der Waals surface area contributed by atoms with Crippen molar-refractivity contribution in [2.75, 3.05) is 13.2 Å². The zero-order chi connectivity index (χ0) is 13.4. The van der Waals surface area contributed by atoms with Gasteiger partial charge < -0.3 is 10.0 Å². The molecule has 0 aromatic heterocycles. The molecule has 1 N–H and O–H groups in total. The van der Waals surface area contributed by atoms with Gasteiger partial charge in [-0.1, -0.05) is 29.8 Å². The van der Waals surface area contributed by atoms with Crippen LogP contribution < -0.4 is 0 Å². The van der Waals surface area contributed by atoms with Gasteiger partial charge in [0.2, 0.25) is 5.91 Å². The summed E-state index contributed by atoms with van der Waals surface area (Å²) in [6, 6.07) is 7.57. The second-order valence-corrected chi connectivity index (χ2v) is 4.59. The van der Waals surface area contributed by atoms with E-state index in [4.69, 9.17) is 16.7 Å². The summed E-state index contributed by atoms with van der Waals surface area (Å²) in [5, 5.41) is 9.40. The predicted molar refractivity (Wildman–Crippen MR) is 73.5 cm³/mol. The number of rotatable bonds is 7. The van der Waals surface area contributed by atoms with E-state index in [0.717, 1.165) is 12.0 Å². The molecule has 0 saturated carbocycles. The van der Waals surface area contributed by atoms with Crippen molar-refractivity contribution >= 4 is 17.5 Å². The number of carbonyl (C=O) groups is 1. The first-order valence-corrected chi connectivity index (χ1v) is 6.68. The molecular weight excluding hydrogens is 250 g/mol. The Morgan fingerprint density at radius 2 is 2.06 bits per heavy atom. The van der Waals surface area contributed by atoms with Crippen molar-refractivity contribution in [3.05, 3.63) is 34.9 Å². The van der Waals surface area contributed by atoms with Gasteiger partial charge in [0, 0.05) is 31.1 Å². The SMILES string of the molecule is CCN(Cc1ccccc1Cl)C(=O)CCCCO. The van der Waals surface area contributed by atoms with Crippen LogP contribution in [0.15, 0.2) is 24.3 Å². The van der Waals surface area contributed by atoms with Crippen molar-refractivity contribution in [1.29, 1.82) is 0 Å². The topological polar surface area (TPSA) is 40.5 Å². The van der Waals surface area contributed by atoms with E-state index in [0.29, 0.717) is 31.0 Å². The zero-order valence-corrected chi connectivity index (χ0v) is 11.5. The first-order valence-electron chi connectivity index (χ1n) is 6.31. The van der Waals surface area contributed by atoms with Crippen LogP contribution in [0.1, 0.15) is 31.7 Å². The summed E-state index contributed by atoms with van der Waals surface area (Å²) in [6.45, 7) is 3.32. The molecule has 0 fully saturated rings. The zero-order valence-electron chi connectivity index (χ0n) is 10.7. The van der Waals surface area contributed by atoms with Crippen LogP contribution in [0.4, 0.5) is 0 Å². The number of aliphatic hydroxyl groups excluding tert-OH is 1. The number of carbonyl (C=O) groups excluding carboxylic acids is 1. The molecule has 0 heterocycles. The molecule has 1 rings (SSSR count). The fourth-order valence-corrected chi connectivity index (χ4v) is 1.95. The molecule has 0 saturated heterocycles. The van der Waals surface area contributed by atoms with E-state index in [1.807, 2.05) is 31.2 Å². The Hall–Kier alpha value is -1.06. The van der Waals surface area contributed by atoms with Crippen LogP contribution in [0, 0.1) is 0 Å². The Labute approximate surface area is 113 Å². The van der Waals surface area contributed by atoms with Crippen molar-refractivity contribution in [2.45, 2.75) is 32.7 Å². The van der Waals surface area contributed by atoms with E-state index in [1.54, 1.807) is 4.90 Å². The van der Waals surface area contributed by atoms with E-state index in [9.17, 15) is 4.79 Å². The Balaban J connectivity index is 2.56. The summed E-state index contributed by atoms with van der Waals surface area (Å²) in [6.07, 6.45) is 1.89. The molecule has 0 atom stereocenters. The summed E-state index contributed by atoms with van der Waals surface area (Å²) in [4.78, 5) is 13.8. The van der Waals surface area contributed by atoms with E-state index >= 15 is 0 Å². The number of benzene rings is 1. The third-order valence-corrected chi connectivity index (χ3v) is 3.22. The molecule has 18 heavy (non-hydrogen) atoms. The fraction of sp³-hybridized carbons (Fsp3) is 0.500. The summed E-state index contributed by atoms with van der Waals surface area (Å²) >= 11 is 6.09. The quantitative estimate of drug-likeness (QED) is 0.774. The highest BCUT2D eigenvalue weighted by atomic mass is 35.5. The van der Waals surface area contributed by atoms with Gasteiger partial charge in [-0.3, -0.25) is 4.79 Å². The number of amides is 1. The Morgan fingerprint density at radius 1 is 1.33 bits per heavy atom. The first-order chi connectivity index (χ1) is 8.69. The lowest BCUT2D eigenvalue weighted by atomic mass is 10.2. The normalized spacial score (nSPS) is 10.4. The van der Waals surface area contributed by atoms with E-state index in [2.05, 4.69) is 0 Å². The van der Waals surface area contributed by atoms with Gasteiger partial charge in [-0.15, -0.1) is 0 Å². The lowest BCUT2D eigenvalue weighted by molar-refractivity contribution is -0.131. The average Bonchev–Trinajstić information content (AvgIpc) is 2.38. The standard InChI is InChI=1S/C14H20ClNO2/c1-2-16(14(18)9-5-6-10-17)11-12-7-3-4-8-13(12)15/h3-4,7-8,17H,2,5-6,9-11H2,1H3. The van der Waals surface area contributed by atoms with Crippen LogP contribution >= 0.6 is 11.6 Å². The molecule has 0 spiro atoms. The second kappa shape index (κ2) is 8.11. The van der Waals surface area contributed by atoms with Crippen LogP contribution in [-0.4, -0.2) is 29.1 Å². The molecule has 1 aromatic rings. The molecule has 0 aliphatic heterocycles. The minimum Gasteiger partial charge on any atom is -0.396 e. The Morgan fingerprint density at radius 3 is 2.67 bits per heavy atom. The molecular formula is C14H20ClNO2. The fourth-order valence-electron chi connectivity index (χ4n) is 1.75. The van der Waals surface area contributed by atoms with Crippen molar-refractivity contribution in [3.8, 4) is 0 Å². The first kappa shape index (κ1) is 15.0. The van der Waals surface area contributed by atoms with Crippen LogP contribution in [-0.2, 0) is 11.3 Å². The van der Waals surface area contributed by atoms with E-state index < -0.39 is 0 Å². The predicted octanol–water partition coefficient (Wildman–Crippen LogP) is 2.85. The van der Waals surface area contributed by atoms with Crippen molar-refractivity contribution in [2.24, 2.45) is 0 Å². The number of hydrogen-bond donors (Lipinski definition) is 1. The number of hydrogen-bond acceptors (Lipinski definition) is 2. The van der Waals surface area contributed by atoms with Gasteiger partial charge in [-0.2, -0.15) is 0 Å². The third-order valence-electron chi connectivity index (χ3n) is 2.85. The maximum Gasteiger partial charge on any atom is 0.222 e. The second-order valence-electron chi connectivity index (χ2n) is 4.18. The van der Waals surface area contributed by atoms with Gasteiger partial charge in [-0.25, -0.2) is 0 Å². The van der Waals surface area contributed by atoms with Gasteiger partial charge in [0.15, 0.2) is 0 Å². The number of aliphatic hydroxyl groups is 1. The maximum atomic E-state index is 12.0. The largest absolute Gasteiger partial charge is 0.396 e. The van der Waals surface area contributed by atoms with Gasteiger partial charge in [-0.05, 0) is 31.4 Å². The number of halogens is 1. The van der Waals surface area contributed by atoms with Crippen molar-refractivity contribution in [1.82, 2.24) is 4.90 Å². The Kier molecular flexibility index (Phi) is 6.76. The molecule has 3 nitrogen and oxygen atoms in total. The Bertz CT molecular complexity index is 382. The minimum atomic E-state index is 0.117. The number of nitrogens with zero attached hydrogens (tertiary/aromatic N) is 1. The van der Waals surface area contributed by atoms with Crippen molar-refractivity contribution in [3.63, 3.8) is 0 Å². The average molecular weight is 270 g/mol. The molecule has 0 radical (unpaired) electrons. The lowest BCUT2D eigenvalue weighted by Gasteiger charge is -2.21. The van der Waals surface area contributed by atoms with E-state index in [1.165, 1.54) is 0 Å². The molecule has 0 bridgehead atoms. The highest BCUT2D eigenvalue weighted by Gasteiger charge is 2.12. The van der Waals surface area contributed by atoms with E-state index in [-0.39, 0.29) is 12.5 Å². The molecule has 100 valence electrons. The van der Waals surface area contributed by atoms with Crippen molar-refractivity contribution < 1.29 is 9.90 Å². The molecule has 0 aliphatic carbocycles.